The van der Waals surface area contributed by atoms with Crippen LogP contribution in [-0.2, 0) is 17.9 Å². The predicted octanol–water partition coefficient (Wildman–Crippen LogP) is 5.06. The van der Waals surface area contributed by atoms with Gasteiger partial charge in [0.2, 0.25) is 0 Å². The fourth-order valence-corrected chi connectivity index (χ4v) is 6.06. The lowest BCUT2D eigenvalue weighted by Crippen LogP contribution is -2.40. The normalized spacial score (nSPS) is 18.8. The molecule has 0 aromatic heterocycles. The summed E-state index contributed by atoms with van der Waals surface area (Å²) in [5.74, 6) is -0.141. The van der Waals surface area contributed by atoms with E-state index in [0.29, 0.717) is 0 Å². The van der Waals surface area contributed by atoms with Crippen LogP contribution in [0.25, 0.3) is 0 Å². The molecule has 1 fully saturated rings. The van der Waals surface area contributed by atoms with Gasteiger partial charge in [-0.15, -0.1) is 0 Å². The quantitative estimate of drug-likeness (QED) is 0.374. The van der Waals surface area contributed by atoms with E-state index in [1.165, 1.54) is 11.1 Å². The second-order valence-corrected chi connectivity index (χ2v) is 15.0. The van der Waals surface area contributed by atoms with E-state index in [4.69, 9.17) is 10.2 Å². The van der Waals surface area contributed by atoms with Gasteiger partial charge in [0.1, 0.15) is 5.78 Å². The standard InChI is InChI=1S/C26H38N4OSi2/c1-21(31)26-24(27-29(32(2)3)19-22-13-8-6-9-14-22)17-12-18-25(26)28-30(33(4)5)20-23-15-10-7-11-16-23/h6-11,13-16,26,32-33H,12,17-20H2,1-5H3. The number of ketones is 1. The summed E-state index contributed by atoms with van der Waals surface area (Å²) in [5.41, 5.74) is 4.50. The number of hydrogen-bond donors (Lipinski definition) is 0. The van der Waals surface area contributed by atoms with Crippen molar-refractivity contribution in [3.63, 3.8) is 0 Å². The van der Waals surface area contributed by atoms with Gasteiger partial charge in [-0.25, -0.2) is 0 Å². The molecule has 0 atom stereocenters. The zero-order valence-corrected chi connectivity index (χ0v) is 23.0. The Hall–Kier alpha value is -2.52. The van der Waals surface area contributed by atoms with Crippen molar-refractivity contribution in [3.8, 4) is 0 Å². The monoisotopic (exact) mass is 478 g/mol. The number of nitrogens with zero attached hydrogens (tertiary/aromatic N) is 4. The lowest BCUT2D eigenvalue weighted by atomic mass is 9.83. The Morgan fingerprint density at radius 2 is 1.18 bits per heavy atom. The topological polar surface area (TPSA) is 48.3 Å². The minimum atomic E-state index is -1.21. The molecule has 2 aromatic rings. The summed E-state index contributed by atoms with van der Waals surface area (Å²) in [6.45, 7) is 12.5. The smallest absolute Gasteiger partial charge is 0.157 e. The van der Waals surface area contributed by atoms with Gasteiger partial charge >= 0.3 is 0 Å². The van der Waals surface area contributed by atoms with Crippen LogP contribution in [0, 0.1) is 5.92 Å². The largest absolute Gasteiger partial charge is 0.324 e. The van der Waals surface area contributed by atoms with Crippen LogP contribution in [0.4, 0.5) is 0 Å². The first kappa shape index (κ1) is 25.1. The van der Waals surface area contributed by atoms with Gasteiger partial charge in [-0.05, 0) is 37.3 Å². The molecule has 7 heteroatoms. The third-order valence-electron chi connectivity index (χ3n) is 6.02. The summed E-state index contributed by atoms with van der Waals surface area (Å²) >= 11 is 0. The van der Waals surface area contributed by atoms with Crippen LogP contribution in [0.2, 0.25) is 26.2 Å². The van der Waals surface area contributed by atoms with Crippen molar-refractivity contribution in [2.45, 2.75) is 65.5 Å². The second-order valence-electron chi connectivity index (χ2n) is 9.43. The van der Waals surface area contributed by atoms with Crippen LogP contribution < -0.4 is 0 Å². The number of hydrazone groups is 2. The van der Waals surface area contributed by atoms with Crippen molar-refractivity contribution in [1.82, 2.24) is 9.35 Å². The third kappa shape index (κ3) is 7.23. The molecule has 0 saturated heterocycles. The van der Waals surface area contributed by atoms with Crippen LogP contribution in [0.3, 0.4) is 0 Å². The summed E-state index contributed by atoms with van der Waals surface area (Å²) in [6.07, 6.45) is 2.74. The van der Waals surface area contributed by atoms with E-state index in [9.17, 15) is 4.79 Å². The first-order valence-electron chi connectivity index (χ1n) is 12.1. The first-order chi connectivity index (χ1) is 15.8. The minimum Gasteiger partial charge on any atom is -0.324 e. The molecule has 1 aliphatic rings. The third-order valence-corrected chi connectivity index (χ3v) is 9.00. The Balaban J connectivity index is 1.89. The van der Waals surface area contributed by atoms with E-state index in [-0.39, 0.29) is 11.7 Å². The Morgan fingerprint density at radius 1 is 0.788 bits per heavy atom. The fourth-order valence-electron chi connectivity index (χ4n) is 4.15. The van der Waals surface area contributed by atoms with Gasteiger partial charge in [0, 0.05) is 0 Å². The SMILES string of the molecule is CC(=O)C1C(=NN(Cc2ccccc2)[SiH](C)C)CCCC1=NN(Cc1ccccc1)[SiH](C)C. The lowest BCUT2D eigenvalue weighted by molar-refractivity contribution is -0.117. The molecule has 2 aromatic carbocycles. The summed E-state index contributed by atoms with van der Waals surface area (Å²) < 4.78 is 4.50. The number of rotatable bonds is 9. The molecule has 3 rings (SSSR count). The molecule has 1 aliphatic carbocycles. The van der Waals surface area contributed by atoms with E-state index >= 15 is 0 Å². The van der Waals surface area contributed by atoms with Gasteiger partial charge < -0.3 is 9.35 Å². The highest BCUT2D eigenvalue weighted by Gasteiger charge is 2.32. The number of Topliss-reactive ketones (excluding diaryl/α,β-unsaturated/α-hetero) is 1. The molecule has 33 heavy (non-hydrogen) atoms. The summed E-state index contributed by atoms with van der Waals surface area (Å²) in [7, 11) is -2.41. The number of benzene rings is 2. The van der Waals surface area contributed by atoms with Gasteiger partial charge in [0.05, 0.1) is 30.4 Å². The molecule has 176 valence electrons. The maximum atomic E-state index is 12.9. The molecular weight excluding hydrogens is 440 g/mol. The molecule has 0 N–H and O–H groups in total. The average molecular weight is 479 g/mol. The number of carbonyl (C=O) groups is 1. The molecule has 0 unspecified atom stereocenters. The number of hydrogen-bond acceptors (Lipinski definition) is 5. The van der Waals surface area contributed by atoms with Crippen LogP contribution in [-0.4, -0.2) is 44.5 Å². The van der Waals surface area contributed by atoms with Crippen LogP contribution >= 0.6 is 0 Å². The Labute approximate surface area is 202 Å². The van der Waals surface area contributed by atoms with E-state index in [1.807, 2.05) is 12.1 Å². The maximum Gasteiger partial charge on any atom is 0.157 e. The van der Waals surface area contributed by atoms with Gasteiger partial charge in [0.25, 0.3) is 0 Å². The van der Waals surface area contributed by atoms with E-state index < -0.39 is 17.9 Å². The second kappa shape index (κ2) is 12.1. The Kier molecular flexibility index (Phi) is 9.20. The molecular formula is C26H38N4OSi2. The van der Waals surface area contributed by atoms with Crippen molar-refractivity contribution >= 4 is 35.1 Å². The molecule has 0 heterocycles. The molecule has 0 aliphatic heterocycles. The van der Waals surface area contributed by atoms with Gasteiger partial charge in [-0.3, -0.25) is 4.79 Å². The zero-order chi connectivity index (χ0) is 23.8. The Bertz CT molecular complexity index is 889. The van der Waals surface area contributed by atoms with Crippen LogP contribution in [0.15, 0.2) is 70.9 Å². The number of carbonyl (C=O) groups excluding carboxylic acids is 1. The van der Waals surface area contributed by atoms with E-state index in [2.05, 4.69) is 84.1 Å². The molecule has 0 bridgehead atoms. The first-order valence-corrected chi connectivity index (χ1v) is 17.8. The summed E-state index contributed by atoms with van der Waals surface area (Å²) in [4.78, 5) is 12.9. The average Bonchev–Trinajstić information content (AvgIpc) is 2.79. The molecule has 0 radical (unpaired) electrons. The zero-order valence-electron chi connectivity index (χ0n) is 20.7. The highest BCUT2D eigenvalue weighted by atomic mass is 28.3. The van der Waals surface area contributed by atoms with E-state index in [1.54, 1.807) is 6.92 Å². The van der Waals surface area contributed by atoms with Crippen molar-refractivity contribution in [1.29, 1.82) is 0 Å². The predicted molar refractivity (Wildman–Crippen MR) is 145 cm³/mol. The molecule has 1 saturated carbocycles. The van der Waals surface area contributed by atoms with Crippen LogP contribution in [0.5, 0.6) is 0 Å². The van der Waals surface area contributed by atoms with Gasteiger partial charge in [-0.2, -0.15) is 10.2 Å². The molecule has 5 nitrogen and oxygen atoms in total. The van der Waals surface area contributed by atoms with Crippen molar-refractivity contribution in [2.75, 3.05) is 0 Å². The highest BCUT2D eigenvalue weighted by molar-refractivity contribution is 6.53. The van der Waals surface area contributed by atoms with Crippen molar-refractivity contribution in [3.05, 3.63) is 71.8 Å². The van der Waals surface area contributed by atoms with Gasteiger partial charge in [0.15, 0.2) is 17.9 Å². The molecule has 0 spiro atoms. The fraction of sp³-hybridized carbons (Fsp3) is 0.423. The van der Waals surface area contributed by atoms with E-state index in [0.717, 1.165) is 43.8 Å². The Morgan fingerprint density at radius 3 is 1.52 bits per heavy atom. The van der Waals surface area contributed by atoms with Crippen molar-refractivity contribution < 1.29 is 4.79 Å². The molecule has 0 amide bonds. The summed E-state index contributed by atoms with van der Waals surface area (Å²) in [6, 6.07) is 21.0. The van der Waals surface area contributed by atoms with Crippen molar-refractivity contribution in [2.24, 2.45) is 16.1 Å². The summed E-state index contributed by atoms with van der Waals surface area (Å²) in [5, 5.41) is 10.2. The highest BCUT2D eigenvalue weighted by Crippen LogP contribution is 2.24. The minimum absolute atomic E-state index is 0.155. The maximum absolute atomic E-state index is 12.9. The van der Waals surface area contributed by atoms with Gasteiger partial charge in [-0.1, -0.05) is 86.9 Å². The van der Waals surface area contributed by atoms with Crippen LogP contribution in [0.1, 0.15) is 37.3 Å². The lowest BCUT2D eigenvalue weighted by Gasteiger charge is -2.32.